The van der Waals surface area contributed by atoms with Crippen LogP contribution in [0.5, 0.6) is 0 Å². The van der Waals surface area contributed by atoms with Crippen LogP contribution in [-0.4, -0.2) is 17.0 Å². The Morgan fingerprint density at radius 1 is 1.10 bits per heavy atom. The Morgan fingerprint density at radius 3 is 2.50 bits per heavy atom. The fourth-order valence-corrected chi connectivity index (χ4v) is 3.86. The van der Waals surface area contributed by atoms with Crippen molar-refractivity contribution in [2.75, 3.05) is 0 Å². The SMILES string of the molecule is CC(C)(C)CC1=CC2CCC(C1)N2Cc1ccccc1. The molecule has 3 rings (SSSR count). The number of rotatable bonds is 3. The second-order valence-corrected chi connectivity index (χ2v) is 7.72. The van der Waals surface area contributed by atoms with E-state index in [2.05, 4.69) is 62.1 Å². The molecule has 2 aliphatic rings. The summed E-state index contributed by atoms with van der Waals surface area (Å²) in [5, 5.41) is 0. The van der Waals surface area contributed by atoms with Crippen LogP contribution in [-0.2, 0) is 6.54 Å². The lowest BCUT2D eigenvalue weighted by atomic mass is 9.84. The van der Waals surface area contributed by atoms with Crippen LogP contribution >= 0.6 is 0 Å². The van der Waals surface area contributed by atoms with Crippen molar-refractivity contribution in [1.82, 2.24) is 4.90 Å². The van der Waals surface area contributed by atoms with Gasteiger partial charge in [-0.15, -0.1) is 0 Å². The highest BCUT2D eigenvalue weighted by molar-refractivity contribution is 5.21. The van der Waals surface area contributed by atoms with Crippen LogP contribution in [0.4, 0.5) is 0 Å². The number of benzene rings is 1. The van der Waals surface area contributed by atoms with E-state index >= 15 is 0 Å². The van der Waals surface area contributed by atoms with Gasteiger partial charge in [-0.25, -0.2) is 0 Å². The van der Waals surface area contributed by atoms with Gasteiger partial charge in [0.15, 0.2) is 0 Å². The van der Waals surface area contributed by atoms with Crippen LogP contribution in [0.1, 0.15) is 52.0 Å². The summed E-state index contributed by atoms with van der Waals surface area (Å²) in [6.45, 7) is 8.18. The molecule has 20 heavy (non-hydrogen) atoms. The monoisotopic (exact) mass is 269 g/mol. The van der Waals surface area contributed by atoms with Crippen molar-refractivity contribution >= 4 is 0 Å². The zero-order valence-corrected chi connectivity index (χ0v) is 13.1. The molecule has 0 N–H and O–H groups in total. The van der Waals surface area contributed by atoms with E-state index in [1.54, 1.807) is 5.57 Å². The molecule has 1 fully saturated rings. The largest absolute Gasteiger partial charge is 0.289 e. The molecule has 2 aliphatic heterocycles. The minimum absolute atomic E-state index is 0.423. The number of fused-ring (bicyclic) bond motifs is 2. The van der Waals surface area contributed by atoms with Gasteiger partial charge in [-0.2, -0.15) is 0 Å². The Labute approximate surface area is 123 Å². The first-order chi connectivity index (χ1) is 9.51. The first-order valence-electron chi connectivity index (χ1n) is 8.00. The Hall–Kier alpha value is -1.08. The molecular weight excluding hydrogens is 242 g/mol. The fourth-order valence-electron chi connectivity index (χ4n) is 3.86. The van der Waals surface area contributed by atoms with Crippen molar-refractivity contribution in [3.8, 4) is 0 Å². The molecule has 0 radical (unpaired) electrons. The molecule has 108 valence electrons. The summed E-state index contributed by atoms with van der Waals surface area (Å²) in [4.78, 5) is 2.72. The molecule has 0 spiro atoms. The summed E-state index contributed by atoms with van der Waals surface area (Å²) >= 11 is 0. The van der Waals surface area contributed by atoms with E-state index in [1.807, 2.05) is 0 Å². The van der Waals surface area contributed by atoms with E-state index in [9.17, 15) is 0 Å². The van der Waals surface area contributed by atoms with Crippen LogP contribution < -0.4 is 0 Å². The molecule has 2 unspecified atom stereocenters. The normalized spacial score (nSPS) is 26.6. The second-order valence-electron chi connectivity index (χ2n) is 7.72. The van der Waals surface area contributed by atoms with Gasteiger partial charge in [0, 0.05) is 18.6 Å². The highest BCUT2D eigenvalue weighted by Gasteiger charge is 2.36. The Kier molecular flexibility index (Phi) is 3.72. The first-order valence-corrected chi connectivity index (χ1v) is 8.00. The molecule has 0 aromatic heterocycles. The smallest absolute Gasteiger partial charge is 0.0288 e. The van der Waals surface area contributed by atoms with Gasteiger partial charge in [0.1, 0.15) is 0 Å². The molecule has 0 amide bonds. The zero-order chi connectivity index (χ0) is 14.2. The van der Waals surface area contributed by atoms with Crippen LogP contribution in [0, 0.1) is 5.41 Å². The van der Waals surface area contributed by atoms with Gasteiger partial charge in [0.2, 0.25) is 0 Å². The predicted octanol–water partition coefficient (Wildman–Crippen LogP) is 4.79. The maximum atomic E-state index is 2.72. The van der Waals surface area contributed by atoms with E-state index in [0.29, 0.717) is 11.5 Å². The quantitative estimate of drug-likeness (QED) is 0.713. The van der Waals surface area contributed by atoms with Crippen LogP contribution in [0.15, 0.2) is 42.0 Å². The highest BCUT2D eigenvalue weighted by atomic mass is 15.2. The van der Waals surface area contributed by atoms with Gasteiger partial charge < -0.3 is 0 Å². The molecule has 2 heterocycles. The van der Waals surface area contributed by atoms with Crippen molar-refractivity contribution in [3.63, 3.8) is 0 Å². The second kappa shape index (κ2) is 5.37. The molecule has 1 nitrogen and oxygen atoms in total. The molecule has 1 aromatic carbocycles. The number of hydrogen-bond donors (Lipinski definition) is 0. The minimum atomic E-state index is 0.423. The van der Waals surface area contributed by atoms with Crippen molar-refractivity contribution < 1.29 is 0 Å². The third-order valence-corrected chi connectivity index (χ3v) is 4.58. The zero-order valence-electron chi connectivity index (χ0n) is 13.1. The third-order valence-electron chi connectivity index (χ3n) is 4.58. The van der Waals surface area contributed by atoms with Crippen LogP contribution in [0.2, 0.25) is 0 Å². The summed E-state index contributed by atoms with van der Waals surface area (Å²) in [6.07, 6.45) is 7.87. The van der Waals surface area contributed by atoms with E-state index in [-0.39, 0.29) is 0 Å². The summed E-state index contributed by atoms with van der Waals surface area (Å²) in [5.41, 5.74) is 3.58. The van der Waals surface area contributed by atoms with Gasteiger partial charge in [-0.3, -0.25) is 4.90 Å². The van der Waals surface area contributed by atoms with E-state index in [0.717, 1.165) is 12.6 Å². The van der Waals surface area contributed by atoms with E-state index in [1.165, 1.54) is 31.2 Å². The maximum absolute atomic E-state index is 2.72. The Balaban J connectivity index is 1.71. The van der Waals surface area contributed by atoms with Gasteiger partial charge in [-0.1, -0.05) is 62.8 Å². The lowest BCUT2D eigenvalue weighted by Crippen LogP contribution is -2.38. The van der Waals surface area contributed by atoms with Crippen molar-refractivity contribution in [3.05, 3.63) is 47.5 Å². The molecule has 2 bridgehead atoms. The standard InChI is InChI=1S/C19H27N/c1-19(2,3)13-16-11-17-9-10-18(12-16)20(17)14-15-7-5-4-6-8-15/h4-8,11,17-18H,9-10,12-14H2,1-3H3. The lowest BCUT2D eigenvalue weighted by molar-refractivity contribution is 0.190. The molecule has 0 aliphatic carbocycles. The first kappa shape index (κ1) is 13.9. The molecule has 1 saturated heterocycles. The summed E-state index contributed by atoms with van der Waals surface area (Å²) in [6, 6.07) is 12.4. The Morgan fingerprint density at radius 2 is 1.85 bits per heavy atom. The average Bonchev–Trinajstić information content (AvgIpc) is 2.61. The molecule has 2 atom stereocenters. The molecule has 0 saturated carbocycles. The molecular formula is C19H27N. The highest BCUT2D eigenvalue weighted by Crippen LogP contribution is 2.39. The van der Waals surface area contributed by atoms with Crippen molar-refractivity contribution in [2.24, 2.45) is 5.41 Å². The lowest BCUT2D eigenvalue weighted by Gasteiger charge is -2.35. The number of nitrogens with zero attached hydrogens (tertiary/aromatic N) is 1. The Bertz CT molecular complexity index is 480. The van der Waals surface area contributed by atoms with Gasteiger partial charge in [0.25, 0.3) is 0 Å². The summed E-state index contributed by atoms with van der Waals surface area (Å²) in [7, 11) is 0. The molecule has 1 heteroatoms. The fraction of sp³-hybridized carbons (Fsp3) is 0.579. The third kappa shape index (κ3) is 3.15. The van der Waals surface area contributed by atoms with Gasteiger partial charge in [-0.05, 0) is 36.7 Å². The number of hydrogen-bond acceptors (Lipinski definition) is 1. The summed E-state index contributed by atoms with van der Waals surface area (Å²) in [5.74, 6) is 0. The van der Waals surface area contributed by atoms with Crippen LogP contribution in [0.25, 0.3) is 0 Å². The van der Waals surface area contributed by atoms with Gasteiger partial charge >= 0.3 is 0 Å². The van der Waals surface area contributed by atoms with Crippen LogP contribution in [0.3, 0.4) is 0 Å². The minimum Gasteiger partial charge on any atom is -0.289 e. The summed E-state index contributed by atoms with van der Waals surface area (Å²) < 4.78 is 0. The topological polar surface area (TPSA) is 3.24 Å². The average molecular weight is 269 g/mol. The predicted molar refractivity (Wildman–Crippen MR) is 85.6 cm³/mol. The van der Waals surface area contributed by atoms with Gasteiger partial charge in [0.05, 0.1) is 0 Å². The van der Waals surface area contributed by atoms with E-state index < -0.39 is 0 Å². The maximum Gasteiger partial charge on any atom is 0.0288 e. The molecule has 1 aromatic rings. The van der Waals surface area contributed by atoms with Crippen molar-refractivity contribution in [1.29, 1.82) is 0 Å². The van der Waals surface area contributed by atoms with E-state index in [4.69, 9.17) is 0 Å². The van der Waals surface area contributed by atoms with Crippen molar-refractivity contribution in [2.45, 2.75) is 65.1 Å².